The van der Waals surface area contributed by atoms with E-state index in [1.807, 2.05) is 24.1 Å². The summed E-state index contributed by atoms with van der Waals surface area (Å²) in [6, 6.07) is 5.54. The number of hydrogen-bond donors (Lipinski definition) is 2. The van der Waals surface area contributed by atoms with Crippen molar-refractivity contribution in [3.63, 3.8) is 0 Å². The van der Waals surface area contributed by atoms with Gasteiger partial charge in [0.15, 0.2) is 0 Å². The molecule has 0 bridgehead atoms. The number of amides is 3. The Morgan fingerprint density at radius 1 is 1.19 bits per heavy atom. The molecule has 0 aliphatic carbocycles. The number of nitrogens with zero attached hydrogens (tertiary/aromatic N) is 2. The Morgan fingerprint density at radius 2 is 2.00 bits per heavy atom. The van der Waals surface area contributed by atoms with Crippen molar-refractivity contribution in [1.29, 1.82) is 0 Å². The normalized spacial score (nSPS) is 23.3. The maximum absolute atomic E-state index is 12.3. The van der Waals surface area contributed by atoms with Crippen LogP contribution in [0.25, 0.3) is 0 Å². The number of carbonyl (C=O) groups excluding carboxylic acids is 3. The number of likely N-dealkylation sites (N-methyl/N-ethyl adjacent to an activating group) is 1. The highest BCUT2D eigenvalue weighted by atomic mass is 16.2. The summed E-state index contributed by atoms with van der Waals surface area (Å²) in [5.74, 6) is -0.184. The van der Waals surface area contributed by atoms with E-state index in [1.165, 1.54) is 0 Å². The van der Waals surface area contributed by atoms with Crippen molar-refractivity contribution < 1.29 is 14.4 Å². The lowest BCUT2D eigenvalue weighted by molar-refractivity contribution is -0.134. The number of nitrogens with one attached hydrogen (secondary N) is 2. The summed E-state index contributed by atoms with van der Waals surface area (Å²) >= 11 is 0. The average molecular weight is 358 g/mol. The number of benzene rings is 1. The fraction of sp³-hybridized carbons (Fsp3) is 0.526. The Morgan fingerprint density at radius 3 is 2.65 bits per heavy atom. The number of piperidine rings is 2. The third-order valence-electron chi connectivity index (χ3n) is 5.35. The molecular formula is C19H26N4O3. The monoisotopic (exact) mass is 358 g/mol. The summed E-state index contributed by atoms with van der Waals surface area (Å²) in [5, 5.41) is 5.83. The van der Waals surface area contributed by atoms with Gasteiger partial charge in [-0.2, -0.15) is 0 Å². The summed E-state index contributed by atoms with van der Waals surface area (Å²) < 4.78 is 0. The van der Waals surface area contributed by atoms with Gasteiger partial charge in [-0.3, -0.25) is 19.7 Å². The van der Waals surface area contributed by atoms with Crippen molar-refractivity contribution in [3.8, 4) is 0 Å². The Labute approximate surface area is 153 Å². The van der Waals surface area contributed by atoms with Crippen LogP contribution in [0.3, 0.4) is 0 Å². The van der Waals surface area contributed by atoms with Crippen LogP contribution in [0, 0.1) is 0 Å². The van der Waals surface area contributed by atoms with Crippen LogP contribution >= 0.6 is 0 Å². The number of anilines is 2. The predicted molar refractivity (Wildman–Crippen MR) is 100 cm³/mol. The third-order valence-corrected chi connectivity index (χ3v) is 5.35. The lowest BCUT2D eigenvalue weighted by Gasteiger charge is -2.35. The van der Waals surface area contributed by atoms with E-state index in [0.29, 0.717) is 18.8 Å². The predicted octanol–water partition coefficient (Wildman–Crippen LogP) is 0.988. The van der Waals surface area contributed by atoms with Gasteiger partial charge in [-0.15, -0.1) is 0 Å². The zero-order valence-corrected chi connectivity index (χ0v) is 15.3. The van der Waals surface area contributed by atoms with E-state index >= 15 is 0 Å². The molecule has 1 aromatic rings. The second-order valence-corrected chi connectivity index (χ2v) is 7.05. The molecule has 0 spiro atoms. The largest absolute Gasteiger partial charge is 0.361 e. The van der Waals surface area contributed by atoms with E-state index in [4.69, 9.17) is 0 Å². The minimum atomic E-state index is -0.425. The summed E-state index contributed by atoms with van der Waals surface area (Å²) in [7, 11) is 3.59. The first kappa shape index (κ1) is 18.4. The van der Waals surface area contributed by atoms with Gasteiger partial charge in [-0.25, -0.2) is 0 Å². The van der Waals surface area contributed by atoms with Crippen LogP contribution in [0.5, 0.6) is 0 Å². The maximum Gasteiger partial charge on any atom is 0.249 e. The van der Waals surface area contributed by atoms with Crippen molar-refractivity contribution in [1.82, 2.24) is 10.6 Å². The van der Waals surface area contributed by atoms with Crippen LogP contribution in [-0.2, 0) is 14.4 Å². The molecule has 26 heavy (non-hydrogen) atoms. The van der Waals surface area contributed by atoms with Crippen molar-refractivity contribution >= 4 is 29.6 Å². The highest BCUT2D eigenvalue weighted by Crippen LogP contribution is 2.39. The molecule has 0 saturated carbocycles. The van der Waals surface area contributed by atoms with E-state index < -0.39 is 6.04 Å². The molecule has 0 radical (unpaired) electrons. The molecule has 2 atom stereocenters. The fourth-order valence-electron chi connectivity index (χ4n) is 3.94. The van der Waals surface area contributed by atoms with Crippen LogP contribution in [0.15, 0.2) is 18.2 Å². The van der Waals surface area contributed by atoms with Crippen molar-refractivity contribution in [2.75, 3.05) is 37.0 Å². The van der Waals surface area contributed by atoms with Gasteiger partial charge in [-0.1, -0.05) is 12.1 Å². The fourth-order valence-corrected chi connectivity index (χ4v) is 3.94. The van der Waals surface area contributed by atoms with Crippen molar-refractivity contribution in [2.45, 2.75) is 37.6 Å². The molecule has 0 aromatic heterocycles. The standard InChI is InChI=1S/C19H26N4O3/c1-22(12-24)18-14(13-5-4-10-20-11-13)6-3-7-15(18)23(2)16-8-9-17(25)21-19(16)26/h3,6-7,12-13,16,20H,4-5,8-11H2,1-2H3,(H,21,25,26). The molecule has 2 unspecified atom stereocenters. The van der Waals surface area contributed by atoms with E-state index in [9.17, 15) is 14.4 Å². The summed E-state index contributed by atoms with van der Waals surface area (Å²) in [6.45, 7) is 1.90. The quantitative estimate of drug-likeness (QED) is 0.606. The Kier molecular flexibility index (Phi) is 5.56. The maximum atomic E-state index is 12.3. The molecule has 2 heterocycles. The molecule has 3 amide bonds. The van der Waals surface area contributed by atoms with Crippen LogP contribution in [0.1, 0.15) is 37.2 Å². The molecule has 3 rings (SSSR count). The summed E-state index contributed by atoms with van der Waals surface area (Å²) in [4.78, 5) is 38.8. The Balaban J connectivity index is 1.98. The topological polar surface area (TPSA) is 81.8 Å². The zero-order chi connectivity index (χ0) is 18.7. The molecule has 2 aliphatic heterocycles. The van der Waals surface area contributed by atoms with Gasteiger partial charge in [0, 0.05) is 27.1 Å². The molecule has 2 N–H and O–H groups in total. The Hall–Kier alpha value is -2.41. The lowest BCUT2D eigenvalue weighted by atomic mass is 9.89. The molecular weight excluding hydrogens is 332 g/mol. The van der Waals surface area contributed by atoms with Crippen molar-refractivity contribution in [3.05, 3.63) is 23.8 Å². The zero-order valence-electron chi connectivity index (χ0n) is 15.3. The summed E-state index contributed by atoms with van der Waals surface area (Å²) in [5.41, 5.74) is 2.78. The van der Waals surface area contributed by atoms with Gasteiger partial charge in [0.05, 0.1) is 11.4 Å². The van der Waals surface area contributed by atoms with Gasteiger partial charge in [0.25, 0.3) is 0 Å². The first-order valence-electron chi connectivity index (χ1n) is 9.11. The van der Waals surface area contributed by atoms with E-state index in [0.717, 1.165) is 49.3 Å². The number of imide groups is 1. The van der Waals surface area contributed by atoms with Crippen LogP contribution in [-0.4, -0.2) is 51.5 Å². The highest BCUT2D eigenvalue weighted by Gasteiger charge is 2.32. The van der Waals surface area contributed by atoms with Gasteiger partial charge in [0.2, 0.25) is 18.2 Å². The van der Waals surface area contributed by atoms with Crippen LogP contribution in [0.4, 0.5) is 11.4 Å². The third kappa shape index (κ3) is 3.58. The van der Waals surface area contributed by atoms with E-state index in [-0.39, 0.29) is 11.8 Å². The number of carbonyl (C=O) groups is 3. The number of para-hydroxylation sites is 1. The molecule has 7 nitrogen and oxygen atoms in total. The first-order valence-corrected chi connectivity index (χ1v) is 9.11. The van der Waals surface area contributed by atoms with Gasteiger partial charge >= 0.3 is 0 Å². The molecule has 1 aromatic carbocycles. The first-order chi connectivity index (χ1) is 12.5. The molecule has 2 saturated heterocycles. The van der Waals surface area contributed by atoms with Crippen LogP contribution < -0.4 is 20.4 Å². The second-order valence-electron chi connectivity index (χ2n) is 7.05. The summed E-state index contributed by atoms with van der Waals surface area (Å²) in [6.07, 6.45) is 3.77. The smallest absolute Gasteiger partial charge is 0.249 e. The number of rotatable bonds is 5. The van der Waals surface area contributed by atoms with Gasteiger partial charge in [-0.05, 0) is 43.4 Å². The molecule has 7 heteroatoms. The molecule has 140 valence electrons. The minimum absolute atomic E-state index is 0.230. The molecule has 2 fully saturated rings. The SMILES string of the molecule is CN(C=O)c1c(C2CCCNC2)cccc1N(C)C1CCC(=O)NC1=O. The number of hydrogen-bond acceptors (Lipinski definition) is 5. The lowest BCUT2D eigenvalue weighted by Crippen LogP contribution is -2.51. The van der Waals surface area contributed by atoms with Crippen LogP contribution in [0.2, 0.25) is 0 Å². The van der Waals surface area contributed by atoms with E-state index in [1.54, 1.807) is 11.9 Å². The highest BCUT2D eigenvalue weighted by molar-refractivity contribution is 6.02. The van der Waals surface area contributed by atoms with E-state index in [2.05, 4.69) is 16.7 Å². The van der Waals surface area contributed by atoms with Gasteiger partial charge < -0.3 is 15.1 Å². The van der Waals surface area contributed by atoms with Crippen molar-refractivity contribution in [2.24, 2.45) is 0 Å². The average Bonchev–Trinajstić information content (AvgIpc) is 2.67. The van der Waals surface area contributed by atoms with Gasteiger partial charge in [0.1, 0.15) is 6.04 Å². The molecule has 2 aliphatic rings. The second kappa shape index (κ2) is 7.86. The minimum Gasteiger partial charge on any atom is -0.361 e. The Bertz CT molecular complexity index is 700.